The molecule has 0 saturated heterocycles. The maximum absolute atomic E-state index is 12.4. The number of carbonyl (C=O) groups excluding carboxylic acids is 2. The quantitative estimate of drug-likeness (QED) is 0.179. The van der Waals surface area contributed by atoms with Crippen LogP contribution in [0.3, 0.4) is 0 Å². The first-order valence-electron chi connectivity index (χ1n) is 14.1. The van der Waals surface area contributed by atoms with Gasteiger partial charge in [-0.25, -0.2) is 0 Å². The topological polar surface area (TPSA) is 76.7 Å². The van der Waals surface area contributed by atoms with Crippen LogP contribution >= 0.6 is 0 Å². The average molecular weight is 567 g/mol. The predicted molar refractivity (Wildman–Crippen MR) is 172 cm³/mol. The van der Waals surface area contributed by atoms with Gasteiger partial charge in [-0.1, -0.05) is 84.9 Å². The van der Waals surface area contributed by atoms with E-state index in [2.05, 4.69) is 10.6 Å². The van der Waals surface area contributed by atoms with E-state index in [1.54, 1.807) is 0 Å². The van der Waals surface area contributed by atoms with Gasteiger partial charge in [-0.05, 0) is 87.6 Å². The van der Waals surface area contributed by atoms with E-state index in [4.69, 9.17) is 9.47 Å². The average Bonchev–Trinajstić information content (AvgIpc) is 3.04. The summed E-state index contributed by atoms with van der Waals surface area (Å²) in [5.41, 5.74) is 3.62. The summed E-state index contributed by atoms with van der Waals surface area (Å²) in [7, 11) is 0. The predicted octanol–water partition coefficient (Wildman–Crippen LogP) is 7.62. The van der Waals surface area contributed by atoms with Crippen molar-refractivity contribution < 1.29 is 19.1 Å². The molecule has 0 aliphatic heterocycles. The smallest absolute Gasteiger partial charge is 0.262 e. The number of hydrogen-bond donors (Lipinski definition) is 2. The highest BCUT2D eigenvalue weighted by molar-refractivity contribution is 5.93. The van der Waals surface area contributed by atoms with E-state index in [1.165, 1.54) is 0 Å². The van der Waals surface area contributed by atoms with E-state index in [1.807, 2.05) is 133 Å². The Bertz CT molecular complexity index is 1740. The van der Waals surface area contributed by atoms with Crippen LogP contribution in [0.4, 0.5) is 11.4 Å². The Morgan fingerprint density at radius 1 is 0.465 bits per heavy atom. The highest BCUT2D eigenvalue weighted by Gasteiger charge is 2.07. The maximum Gasteiger partial charge on any atom is 0.262 e. The van der Waals surface area contributed by atoms with Crippen molar-refractivity contribution >= 4 is 44.7 Å². The number of anilines is 2. The molecule has 6 aromatic carbocycles. The van der Waals surface area contributed by atoms with Crippen LogP contribution in [-0.4, -0.2) is 25.0 Å². The van der Waals surface area contributed by atoms with Crippen molar-refractivity contribution in [2.75, 3.05) is 23.8 Å². The molecule has 2 N–H and O–H groups in total. The number of rotatable bonds is 10. The molecule has 0 aliphatic rings. The van der Waals surface area contributed by atoms with E-state index < -0.39 is 0 Å². The highest BCUT2D eigenvalue weighted by atomic mass is 16.5. The molecule has 0 saturated carbocycles. The first-order chi connectivity index (χ1) is 21.1. The first-order valence-corrected chi connectivity index (χ1v) is 14.1. The molecule has 0 unspecified atom stereocenters. The molecule has 212 valence electrons. The van der Waals surface area contributed by atoms with Crippen LogP contribution in [0.1, 0.15) is 11.1 Å². The van der Waals surface area contributed by atoms with E-state index in [0.29, 0.717) is 22.9 Å². The molecule has 0 spiro atoms. The minimum atomic E-state index is -0.221. The summed E-state index contributed by atoms with van der Waals surface area (Å²) >= 11 is 0. The van der Waals surface area contributed by atoms with Crippen LogP contribution in [0.2, 0.25) is 0 Å². The van der Waals surface area contributed by atoms with Crippen LogP contribution in [0, 0.1) is 0 Å². The van der Waals surface area contributed by atoms with Crippen molar-refractivity contribution in [1.29, 1.82) is 0 Å². The number of hydrogen-bond acceptors (Lipinski definition) is 4. The summed E-state index contributed by atoms with van der Waals surface area (Å²) in [6.07, 6.45) is 0.721. The molecule has 6 nitrogen and oxygen atoms in total. The number of benzene rings is 6. The summed E-state index contributed by atoms with van der Waals surface area (Å²) in [4.78, 5) is 24.8. The standard InChI is InChI=1S/C37H30N2O4/c40-36(24-42-34-19-13-28-5-1-3-7-30(28)22-34)38-32-15-9-26(10-16-32)21-27-11-17-33(18-12-27)39-37(41)25-43-35-20-14-29-6-2-4-8-31(29)23-35/h1-20,22-23H,21,24-25H2,(H,38,40)(H,39,41). The van der Waals surface area contributed by atoms with E-state index in [9.17, 15) is 9.59 Å². The second-order valence-electron chi connectivity index (χ2n) is 10.3. The van der Waals surface area contributed by atoms with Crippen molar-refractivity contribution in [3.05, 3.63) is 145 Å². The molecule has 0 heterocycles. The van der Waals surface area contributed by atoms with Gasteiger partial charge in [0.25, 0.3) is 11.8 Å². The van der Waals surface area contributed by atoms with Crippen LogP contribution in [0.5, 0.6) is 11.5 Å². The number of amides is 2. The van der Waals surface area contributed by atoms with E-state index in [0.717, 1.165) is 39.1 Å². The SMILES string of the molecule is O=C(COc1ccc2ccccc2c1)Nc1ccc(Cc2ccc(NC(=O)COc3ccc4ccccc4c3)cc2)cc1. The maximum atomic E-state index is 12.4. The van der Waals surface area contributed by atoms with Gasteiger partial charge in [0, 0.05) is 11.4 Å². The number of carbonyl (C=O) groups is 2. The van der Waals surface area contributed by atoms with Crippen molar-refractivity contribution in [2.24, 2.45) is 0 Å². The molecule has 0 fully saturated rings. The zero-order valence-electron chi connectivity index (χ0n) is 23.5. The van der Waals surface area contributed by atoms with Gasteiger partial charge in [-0.2, -0.15) is 0 Å². The van der Waals surface area contributed by atoms with Crippen molar-refractivity contribution in [2.45, 2.75) is 6.42 Å². The highest BCUT2D eigenvalue weighted by Crippen LogP contribution is 2.22. The normalized spacial score (nSPS) is 10.8. The molecule has 2 amide bonds. The van der Waals surface area contributed by atoms with Gasteiger partial charge in [-0.3, -0.25) is 9.59 Å². The largest absolute Gasteiger partial charge is 0.484 e. The monoisotopic (exact) mass is 566 g/mol. The lowest BCUT2D eigenvalue weighted by Gasteiger charge is -2.10. The van der Waals surface area contributed by atoms with Gasteiger partial charge in [0.05, 0.1) is 0 Å². The van der Waals surface area contributed by atoms with Crippen molar-refractivity contribution in [3.8, 4) is 11.5 Å². The lowest BCUT2D eigenvalue weighted by molar-refractivity contribution is -0.118. The third kappa shape index (κ3) is 7.37. The summed E-state index contributed by atoms with van der Waals surface area (Å²) in [5, 5.41) is 10.1. The third-order valence-electron chi connectivity index (χ3n) is 7.07. The molecule has 0 atom stereocenters. The summed E-state index contributed by atoms with van der Waals surface area (Å²) in [6.45, 7) is -0.142. The number of nitrogens with one attached hydrogen (secondary N) is 2. The Morgan fingerprint density at radius 2 is 0.860 bits per heavy atom. The Balaban J connectivity index is 0.949. The van der Waals surface area contributed by atoms with Gasteiger partial charge in [0.15, 0.2) is 13.2 Å². The first kappa shape index (κ1) is 27.5. The van der Waals surface area contributed by atoms with Gasteiger partial charge < -0.3 is 20.1 Å². The zero-order chi connectivity index (χ0) is 29.4. The van der Waals surface area contributed by atoms with Gasteiger partial charge in [0.2, 0.25) is 0 Å². The third-order valence-corrected chi connectivity index (χ3v) is 7.07. The fraction of sp³-hybridized carbons (Fsp3) is 0.0811. The van der Waals surface area contributed by atoms with Crippen LogP contribution in [0.25, 0.3) is 21.5 Å². The molecule has 6 heteroatoms. The Morgan fingerprint density at radius 3 is 1.28 bits per heavy atom. The molecule has 43 heavy (non-hydrogen) atoms. The molecule has 0 bridgehead atoms. The molecule has 0 aromatic heterocycles. The van der Waals surface area contributed by atoms with Crippen molar-refractivity contribution in [3.63, 3.8) is 0 Å². The summed E-state index contributed by atoms with van der Waals surface area (Å²) in [5.74, 6) is 0.871. The lowest BCUT2D eigenvalue weighted by atomic mass is 10.0. The van der Waals surface area contributed by atoms with E-state index in [-0.39, 0.29) is 25.0 Å². The van der Waals surface area contributed by atoms with Crippen molar-refractivity contribution in [1.82, 2.24) is 0 Å². The minimum absolute atomic E-state index is 0.0709. The molecule has 0 radical (unpaired) electrons. The summed E-state index contributed by atoms with van der Waals surface area (Å²) in [6, 6.07) is 43.1. The fourth-order valence-corrected chi connectivity index (χ4v) is 4.85. The second-order valence-corrected chi connectivity index (χ2v) is 10.3. The second kappa shape index (κ2) is 12.9. The molecular weight excluding hydrogens is 536 g/mol. The Labute approximate surface area is 249 Å². The number of ether oxygens (including phenoxy) is 2. The Kier molecular flexibility index (Phi) is 8.27. The molecule has 6 rings (SSSR count). The molecular formula is C37H30N2O4. The fourth-order valence-electron chi connectivity index (χ4n) is 4.85. The summed E-state index contributed by atoms with van der Waals surface area (Å²) < 4.78 is 11.4. The van der Waals surface area contributed by atoms with Gasteiger partial charge >= 0.3 is 0 Å². The van der Waals surface area contributed by atoms with E-state index >= 15 is 0 Å². The minimum Gasteiger partial charge on any atom is -0.484 e. The van der Waals surface area contributed by atoms with Crippen LogP contribution < -0.4 is 20.1 Å². The Hall–Kier alpha value is -5.62. The van der Waals surface area contributed by atoms with Gasteiger partial charge in [-0.15, -0.1) is 0 Å². The number of fused-ring (bicyclic) bond motifs is 2. The van der Waals surface area contributed by atoms with Crippen LogP contribution in [0.15, 0.2) is 133 Å². The van der Waals surface area contributed by atoms with Gasteiger partial charge in [0.1, 0.15) is 11.5 Å². The zero-order valence-corrected chi connectivity index (χ0v) is 23.5. The lowest BCUT2D eigenvalue weighted by Crippen LogP contribution is -2.20. The van der Waals surface area contributed by atoms with Crippen LogP contribution in [-0.2, 0) is 16.0 Å². The molecule has 6 aromatic rings. The molecule has 0 aliphatic carbocycles.